The zero-order chi connectivity index (χ0) is 15.4. The number of ether oxygens (including phenoxy) is 1. The van der Waals surface area contributed by atoms with E-state index >= 15 is 0 Å². The molecule has 0 aromatic heterocycles. The summed E-state index contributed by atoms with van der Waals surface area (Å²) in [5, 5.41) is 5.92. The van der Waals surface area contributed by atoms with Gasteiger partial charge in [-0.2, -0.15) is 0 Å². The van der Waals surface area contributed by atoms with E-state index in [1.165, 1.54) is 0 Å². The van der Waals surface area contributed by atoms with Crippen molar-refractivity contribution in [2.24, 2.45) is 5.92 Å². The van der Waals surface area contributed by atoms with E-state index in [0.29, 0.717) is 13.2 Å². The lowest BCUT2D eigenvalue weighted by atomic mass is 10.0. The number of hydrogen-bond donors (Lipinski definition) is 2. The van der Waals surface area contributed by atoms with Gasteiger partial charge in [-0.1, -0.05) is 6.92 Å². The molecule has 6 heteroatoms. The van der Waals surface area contributed by atoms with Crippen molar-refractivity contribution in [3.8, 4) is 0 Å². The van der Waals surface area contributed by atoms with Crippen LogP contribution in [-0.2, 0) is 9.53 Å². The molecule has 1 aromatic rings. The molecule has 1 aromatic carbocycles. The van der Waals surface area contributed by atoms with Crippen molar-refractivity contribution < 1.29 is 18.3 Å². The summed E-state index contributed by atoms with van der Waals surface area (Å²) in [5.74, 6) is -1.59. The van der Waals surface area contributed by atoms with Crippen molar-refractivity contribution in [1.82, 2.24) is 10.6 Å². The molecule has 2 N–H and O–H groups in total. The van der Waals surface area contributed by atoms with Gasteiger partial charge in [-0.25, -0.2) is 8.78 Å². The van der Waals surface area contributed by atoms with Crippen molar-refractivity contribution in [3.63, 3.8) is 0 Å². The summed E-state index contributed by atoms with van der Waals surface area (Å²) in [6, 6.07) is 2.58. The lowest BCUT2D eigenvalue weighted by molar-refractivity contribution is -0.126. The zero-order valence-corrected chi connectivity index (χ0v) is 12.2. The third kappa shape index (κ3) is 3.77. The molecule has 0 spiro atoms. The van der Waals surface area contributed by atoms with Gasteiger partial charge in [0.25, 0.3) is 0 Å². The minimum Gasteiger partial charge on any atom is -0.379 e. The summed E-state index contributed by atoms with van der Waals surface area (Å²) in [7, 11) is 0. The lowest BCUT2D eigenvalue weighted by Gasteiger charge is -2.21. The first-order chi connectivity index (χ1) is 10.0. The van der Waals surface area contributed by atoms with E-state index in [-0.39, 0.29) is 23.4 Å². The number of likely N-dealkylation sites (N-methyl/N-ethyl adjacent to an activating group) is 1. The maximum absolute atomic E-state index is 13.7. The quantitative estimate of drug-likeness (QED) is 0.871. The van der Waals surface area contributed by atoms with Crippen molar-refractivity contribution in [2.45, 2.75) is 25.9 Å². The maximum Gasteiger partial charge on any atom is 0.227 e. The van der Waals surface area contributed by atoms with E-state index in [1.54, 1.807) is 6.92 Å². The summed E-state index contributed by atoms with van der Waals surface area (Å²) >= 11 is 0. The van der Waals surface area contributed by atoms with Crippen LogP contribution in [0.2, 0.25) is 0 Å². The van der Waals surface area contributed by atoms with Crippen LogP contribution in [0.4, 0.5) is 8.78 Å². The Morgan fingerprint density at radius 3 is 2.90 bits per heavy atom. The molecule has 1 aliphatic heterocycles. The number of halogens is 2. The first-order valence-electron chi connectivity index (χ1n) is 7.09. The lowest BCUT2D eigenvalue weighted by Crippen LogP contribution is -2.44. The van der Waals surface area contributed by atoms with Crippen molar-refractivity contribution in [1.29, 1.82) is 0 Å². The minimum atomic E-state index is -0.601. The Balaban J connectivity index is 2.03. The molecule has 0 saturated carbocycles. The highest BCUT2D eigenvalue weighted by molar-refractivity contribution is 5.80. The highest BCUT2D eigenvalue weighted by atomic mass is 19.1. The fourth-order valence-electron chi connectivity index (χ4n) is 2.52. The number of benzene rings is 1. The van der Waals surface area contributed by atoms with Crippen LogP contribution in [0.15, 0.2) is 18.2 Å². The molecular weight excluding hydrogens is 278 g/mol. The minimum absolute atomic E-state index is 0.0421. The standard InChI is InChI=1S/C15H20F2N2O2/c1-3-18-14-8-21-7-12(14)15(20)19-9(2)11-6-10(16)4-5-13(11)17/h4-6,9,12,14,18H,3,7-8H2,1-2H3,(H,19,20). The van der Waals surface area contributed by atoms with Crippen LogP contribution in [0.25, 0.3) is 0 Å². The Labute approximate surface area is 122 Å². The number of hydrogen-bond acceptors (Lipinski definition) is 3. The molecule has 1 saturated heterocycles. The Morgan fingerprint density at radius 2 is 2.19 bits per heavy atom. The average molecular weight is 298 g/mol. The summed E-state index contributed by atoms with van der Waals surface area (Å²) < 4.78 is 32.2. The predicted molar refractivity (Wildman–Crippen MR) is 74.7 cm³/mol. The van der Waals surface area contributed by atoms with Gasteiger partial charge >= 0.3 is 0 Å². The van der Waals surface area contributed by atoms with Gasteiger partial charge in [0.15, 0.2) is 0 Å². The van der Waals surface area contributed by atoms with Gasteiger partial charge < -0.3 is 15.4 Å². The Kier molecular flexibility index (Phi) is 5.25. The average Bonchev–Trinajstić information content (AvgIpc) is 2.90. The Hall–Kier alpha value is -1.53. The number of carbonyl (C=O) groups is 1. The van der Waals surface area contributed by atoms with Gasteiger partial charge in [0.05, 0.1) is 25.2 Å². The molecule has 3 unspecified atom stereocenters. The summed E-state index contributed by atoms with van der Waals surface area (Å²) in [6.07, 6.45) is 0. The van der Waals surface area contributed by atoms with E-state index in [1.807, 2.05) is 6.92 Å². The van der Waals surface area contributed by atoms with Gasteiger partial charge in [0, 0.05) is 11.6 Å². The van der Waals surface area contributed by atoms with Crippen molar-refractivity contribution in [2.75, 3.05) is 19.8 Å². The molecule has 1 aliphatic rings. The highest BCUT2D eigenvalue weighted by Crippen LogP contribution is 2.20. The third-order valence-corrected chi connectivity index (χ3v) is 3.67. The monoisotopic (exact) mass is 298 g/mol. The Bertz CT molecular complexity index is 510. The third-order valence-electron chi connectivity index (χ3n) is 3.67. The van der Waals surface area contributed by atoms with E-state index in [0.717, 1.165) is 24.7 Å². The number of nitrogens with one attached hydrogen (secondary N) is 2. The molecule has 21 heavy (non-hydrogen) atoms. The molecule has 0 radical (unpaired) electrons. The number of rotatable bonds is 5. The van der Waals surface area contributed by atoms with Crippen LogP contribution in [0, 0.1) is 17.6 Å². The Morgan fingerprint density at radius 1 is 1.43 bits per heavy atom. The van der Waals surface area contributed by atoms with Gasteiger partial charge in [-0.15, -0.1) is 0 Å². The fourth-order valence-corrected chi connectivity index (χ4v) is 2.52. The summed E-state index contributed by atoms with van der Waals surface area (Å²) in [6.45, 7) is 5.15. The molecule has 3 atom stereocenters. The van der Waals surface area contributed by atoms with Crippen molar-refractivity contribution in [3.05, 3.63) is 35.4 Å². The molecule has 1 amide bonds. The second kappa shape index (κ2) is 6.95. The first kappa shape index (κ1) is 15.9. The second-order valence-electron chi connectivity index (χ2n) is 5.20. The summed E-state index contributed by atoms with van der Waals surface area (Å²) in [4.78, 5) is 12.3. The summed E-state index contributed by atoms with van der Waals surface area (Å²) in [5.41, 5.74) is 0.141. The molecule has 1 fully saturated rings. The SMILES string of the molecule is CCNC1COCC1C(=O)NC(C)c1cc(F)ccc1F. The topological polar surface area (TPSA) is 50.4 Å². The normalized spacial score (nSPS) is 23.0. The van der Waals surface area contributed by atoms with Crippen LogP contribution in [0.5, 0.6) is 0 Å². The van der Waals surface area contributed by atoms with Gasteiger partial charge in [-0.3, -0.25) is 4.79 Å². The molecule has 116 valence electrons. The van der Waals surface area contributed by atoms with Crippen LogP contribution in [0.3, 0.4) is 0 Å². The molecule has 4 nitrogen and oxygen atoms in total. The van der Waals surface area contributed by atoms with E-state index in [2.05, 4.69) is 10.6 Å². The molecule has 2 rings (SSSR count). The number of carbonyl (C=O) groups excluding carboxylic acids is 1. The molecular formula is C15H20F2N2O2. The first-order valence-corrected chi connectivity index (χ1v) is 7.09. The molecule has 0 bridgehead atoms. The van der Waals surface area contributed by atoms with E-state index in [4.69, 9.17) is 4.74 Å². The smallest absolute Gasteiger partial charge is 0.227 e. The van der Waals surface area contributed by atoms with Crippen LogP contribution in [0.1, 0.15) is 25.5 Å². The second-order valence-corrected chi connectivity index (χ2v) is 5.20. The highest BCUT2D eigenvalue weighted by Gasteiger charge is 2.34. The number of amides is 1. The van der Waals surface area contributed by atoms with Gasteiger partial charge in [0.2, 0.25) is 5.91 Å². The van der Waals surface area contributed by atoms with Crippen LogP contribution in [-0.4, -0.2) is 31.7 Å². The fraction of sp³-hybridized carbons (Fsp3) is 0.533. The van der Waals surface area contributed by atoms with E-state index in [9.17, 15) is 13.6 Å². The van der Waals surface area contributed by atoms with Crippen LogP contribution >= 0.6 is 0 Å². The largest absolute Gasteiger partial charge is 0.379 e. The van der Waals surface area contributed by atoms with Crippen molar-refractivity contribution >= 4 is 5.91 Å². The molecule has 0 aliphatic carbocycles. The van der Waals surface area contributed by atoms with E-state index < -0.39 is 17.7 Å². The maximum atomic E-state index is 13.7. The zero-order valence-electron chi connectivity index (χ0n) is 12.2. The van der Waals surface area contributed by atoms with Gasteiger partial charge in [0.1, 0.15) is 11.6 Å². The van der Waals surface area contributed by atoms with Gasteiger partial charge in [-0.05, 0) is 31.7 Å². The van der Waals surface area contributed by atoms with Crippen LogP contribution < -0.4 is 10.6 Å². The molecule has 1 heterocycles. The predicted octanol–water partition coefficient (Wildman–Crippen LogP) is 1.77.